The Morgan fingerprint density at radius 3 is 2.80 bits per heavy atom. The van der Waals surface area contributed by atoms with Crippen molar-refractivity contribution in [3.8, 4) is 0 Å². The summed E-state index contributed by atoms with van der Waals surface area (Å²) in [6.07, 6.45) is 1.57. The molecule has 1 aliphatic heterocycles. The number of anilines is 1. The summed E-state index contributed by atoms with van der Waals surface area (Å²) in [6.45, 7) is 1.10. The molecule has 0 aliphatic carbocycles. The van der Waals surface area contributed by atoms with Crippen molar-refractivity contribution in [2.75, 3.05) is 18.5 Å². The van der Waals surface area contributed by atoms with Gasteiger partial charge in [-0.2, -0.15) is 0 Å². The highest BCUT2D eigenvalue weighted by molar-refractivity contribution is 6.31. The van der Waals surface area contributed by atoms with Crippen LogP contribution < -0.4 is 4.90 Å². The fourth-order valence-electron chi connectivity index (χ4n) is 2.85. The lowest BCUT2D eigenvalue weighted by atomic mass is 9.95. The Morgan fingerprint density at radius 2 is 2.00 bits per heavy atom. The first-order valence-electron chi connectivity index (χ1n) is 6.93. The molecule has 0 radical (unpaired) electrons. The van der Waals surface area contributed by atoms with Crippen molar-refractivity contribution in [3.63, 3.8) is 0 Å². The van der Waals surface area contributed by atoms with Crippen molar-refractivity contribution in [3.05, 3.63) is 64.2 Å². The maximum atomic E-state index is 10.5. The minimum Gasteiger partial charge on any atom is -0.384 e. The average molecular weight is 288 g/mol. The van der Waals surface area contributed by atoms with Gasteiger partial charge in [0, 0.05) is 29.9 Å². The number of nitrogens with zero attached hydrogens (tertiary/aromatic N) is 1. The van der Waals surface area contributed by atoms with Crippen LogP contribution in [0.15, 0.2) is 42.5 Å². The molecule has 0 bridgehead atoms. The zero-order chi connectivity index (χ0) is 14.1. The molecule has 2 nitrogen and oxygen atoms in total. The lowest BCUT2D eigenvalue weighted by Crippen LogP contribution is -2.24. The van der Waals surface area contributed by atoms with Crippen LogP contribution in [0.2, 0.25) is 5.02 Å². The second kappa shape index (κ2) is 5.47. The number of hydrogen-bond acceptors (Lipinski definition) is 2. The lowest BCUT2D eigenvalue weighted by molar-refractivity contribution is 0.220. The van der Waals surface area contributed by atoms with E-state index in [1.165, 1.54) is 11.3 Å². The summed E-state index contributed by atoms with van der Waals surface area (Å²) in [5.74, 6) is 0. The number of hydrogen-bond donors (Lipinski definition) is 1. The van der Waals surface area contributed by atoms with E-state index in [2.05, 4.69) is 24.1 Å². The first-order chi connectivity index (χ1) is 9.66. The smallest absolute Gasteiger partial charge is 0.105 e. The van der Waals surface area contributed by atoms with Crippen LogP contribution in [0, 0.1) is 0 Å². The van der Waals surface area contributed by atoms with Crippen molar-refractivity contribution < 1.29 is 5.11 Å². The van der Waals surface area contributed by atoms with Crippen LogP contribution in [0.1, 0.15) is 29.2 Å². The quantitative estimate of drug-likeness (QED) is 0.908. The first-order valence-corrected chi connectivity index (χ1v) is 7.31. The van der Waals surface area contributed by atoms with Gasteiger partial charge in [-0.1, -0.05) is 41.9 Å². The third-order valence-electron chi connectivity index (χ3n) is 3.97. The Kier molecular flexibility index (Phi) is 3.68. The monoisotopic (exact) mass is 287 g/mol. The minimum absolute atomic E-state index is 0.606. The van der Waals surface area contributed by atoms with Gasteiger partial charge in [0.15, 0.2) is 0 Å². The average Bonchev–Trinajstić information content (AvgIpc) is 2.47. The van der Waals surface area contributed by atoms with Crippen LogP contribution in [0.4, 0.5) is 5.69 Å². The molecule has 1 atom stereocenters. The molecule has 20 heavy (non-hydrogen) atoms. The van der Waals surface area contributed by atoms with Crippen molar-refractivity contribution in [1.29, 1.82) is 0 Å². The standard InChI is InChI=1S/C17H18ClNO/c1-19-10-4-5-12-11-13(8-9-16(12)19)17(20)14-6-2-3-7-15(14)18/h2-3,6-9,11,17,20H,4-5,10H2,1H3. The van der Waals surface area contributed by atoms with E-state index in [4.69, 9.17) is 11.6 Å². The molecule has 0 fully saturated rings. The highest BCUT2D eigenvalue weighted by Gasteiger charge is 2.18. The Morgan fingerprint density at radius 1 is 1.20 bits per heavy atom. The van der Waals surface area contributed by atoms with Gasteiger partial charge in [-0.3, -0.25) is 0 Å². The lowest BCUT2D eigenvalue weighted by Gasteiger charge is -2.28. The van der Waals surface area contributed by atoms with Crippen LogP contribution >= 0.6 is 11.6 Å². The van der Waals surface area contributed by atoms with Gasteiger partial charge in [-0.05, 0) is 36.1 Å². The van der Waals surface area contributed by atoms with E-state index < -0.39 is 6.10 Å². The van der Waals surface area contributed by atoms with Gasteiger partial charge in [0.2, 0.25) is 0 Å². The molecule has 3 heteroatoms. The Bertz CT molecular complexity index is 626. The fourth-order valence-corrected chi connectivity index (χ4v) is 3.09. The SMILES string of the molecule is CN1CCCc2cc(C(O)c3ccccc3Cl)ccc21. The molecule has 1 aliphatic rings. The molecule has 1 heterocycles. The van der Waals surface area contributed by atoms with Crippen LogP contribution in [-0.2, 0) is 6.42 Å². The largest absolute Gasteiger partial charge is 0.384 e. The van der Waals surface area contributed by atoms with E-state index in [-0.39, 0.29) is 0 Å². The van der Waals surface area contributed by atoms with Gasteiger partial charge >= 0.3 is 0 Å². The predicted octanol–water partition coefficient (Wildman–Crippen LogP) is 3.80. The van der Waals surface area contributed by atoms with Crippen molar-refractivity contribution in [2.24, 2.45) is 0 Å². The number of benzene rings is 2. The molecular formula is C17H18ClNO. The molecule has 0 aromatic heterocycles. The first kappa shape index (κ1) is 13.5. The number of rotatable bonds is 2. The summed E-state index contributed by atoms with van der Waals surface area (Å²) in [5, 5.41) is 11.1. The van der Waals surface area contributed by atoms with Crippen molar-refractivity contribution in [2.45, 2.75) is 18.9 Å². The van der Waals surface area contributed by atoms with Gasteiger partial charge in [0.25, 0.3) is 0 Å². The number of aliphatic hydroxyl groups is 1. The second-order valence-corrected chi connectivity index (χ2v) is 5.74. The van der Waals surface area contributed by atoms with Crippen LogP contribution in [-0.4, -0.2) is 18.7 Å². The summed E-state index contributed by atoms with van der Waals surface area (Å²) in [7, 11) is 2.11. The van der Waals surface area contributed by atoms with E-state index >= 15 is 0 Å². The van der Waals surface area contributed by atoms with E-state index in [0.29, 0.717) is 5.02 Å². The summed E-state index contributed by atoms with van der Waals surface area (Å²) in [5.41, 5.74) is 4.25. The van der Waals surface area contributed by atoms with Crippen molar-refractivity contribution in [1.82, 2.24) is 0 Å². The van der Waals surface area contributed by atoms with E-state index in [9.17, 15) is 5.11 Å². The van der Waals surface area contributed by atoms with Gasteiger partial charge in [0.1, 0.15) is 6.10 Å². The molecule has 1 N–H and O–H groups in total. The third kappa shape index (κ3) is 2.41. The van der Waals surface area contributed by atoms with E-state index in [0.717, 1.165) is 30.5 Å². The van der Waals surface area contributed by atoms with Gasteiger partial charge in [0.05, 0.1) is 0 Å². The Labute approximate surface area is 124 Å². The molecular weight excluding hydrogens is 270 g/mol. The molecule has 3 rings (SSSR count). The molecule has 0 saturated heterocycles. The van der Waals surface area contributed by atoms with Gasteiger partial charge < -0.3 is 10.0 Å². The second-order valence-electron chi connectivity index (χ2n) is 5.34. The van der Waals surface area contributed by atoms with Gasteiger partial charge in [-0.15, -0.1) is 0 Å². The topological polar surface area (TPSA) is 23.5 Å². The normalized spacial score (nSPS) is 15.8. The molecule has 0 amide bonds. The number of halogens is 1. The van der Waals surface area contributed by atoms with Crippen molar-refractivity contribution >= 4 is 17.3 Å². The summed E-state index contributed by atoms with van der Waals surface area (Å²) in [4.78, 5) is 2.27. The molecule has 0 spiro atoms. The van der Waals surface area contributed by atoms with Crippen LogP contribution in [0.3, 0.4) is 0 Å². The van der Waals surface area contributed by atoms with E-state index in [1.807, 2.05) is 30.3 Å². The summed E-state index contributed by atoms with van der Waals surface area (Å²) in [6, 6.07) is 13.7. The molecule has 1 unspecified atom stereocenters. The number of aryl methyl sites for hydroxylation is 1. The summed E-state index contributed by atoms with van der Waals surface area (Å²) < 4.78 is 0. The Hall–Kier alpha value is -1.51. The maximum Gasteiger partial charge on any atom is 0.105 e. The highest BCUT2D eigenvalue weighted by atomic mass is 35.5. The molecule has 0 saturated carbocycles. The van der Waals surface area contributed by atoms with Crippen LogP contribution in [0.5, 0.6) is 0 Å². The zero-order valence-corrected chi connectivity index (χ0v) is 12.3. The number of fused-ring (bicyclic) bond motifs is 1. The molecule has 2 aromatic rings. The highest BCUT2D eigenvalue weighted by Crippen LogP contribution is 2.32. The maximum absolute atomic E-state index is 10.5. The van der Waals surface area contributed by atoms with E-state index in [1.54, 1.807) is 0 Å². The fraction of sp³-hybridized carbons (Fsp3) is 0.294. The minimum atomic E-state index is -0.666. The zero-order valence-electron chi connectivity index (χ0n) is 11.5. The molecule has 104 valence electrons. The molecule has 2 aromatic carbocycles. The number of aliphatic hydroxyl groups excluding tert-OH is 1. The Balaban J connectivity index is 1.97. The summed E-state index contributed by atoms with van der Waals surface area (Å²) >= 11 is 6.17. The van der Waals surface area contributed by atoms with Crippen LogP contribution in [0.25, 0.3) is 0 Å². The third-order valence-corrected chi connectivity index (χ3v) is 4.31. The predicted molar refractivity (Wildman–Crippen MR) is 83.5 cm³/mol. The van der Waals surface area contributed by atoms with Gasteiger partial charge in [-0.25, -0.2) is 0 Å².